The number of aromatic nitrogens is 2. The van der Waals surface area contributed by atoms with E-state index in [1.54, 1.807) is 0 Å². The number of nitrogens with one attached hydrogen (secondary N) is 1. The topological polar surface area (TPSA) is 29.9 Å². The second-order valence-corrected chi connectivity index (χ2v) is 7.45. The fraction of sp³-hybridized carbons (Fsp3) is 0.824. The van der Waals surface area contributed by atoms with Gasteiger partial charge in [-0.05, 0) is 37.3 Å². The fourth-order valence-electron chi connectivity index (χ4n) is 3.36. The first-order chi connectivity index (χ1) is 9.48. The summed E-state index contributed by atoms with van der Waals surface area (Å²) in [5, 5.41) is 8.44. The Morgan fingerprint density at radius 1 is 1.35 bits per heavy atom. The van der Waals surface area contributed by atoms with Gasteiger partial charge in [0.2, 0.25) is 0 Å². The zero-order chi connectivity index (χ0) is 14.6. The van der Waals surface area contributed by atoms with Gasteiger partial charge in [0, 0.05) is 18.7 Å². The number of rotatable bonds is 6. The summed E-state index contributed by atoms with van der Waals surface area (Å²) in [6, 6.07) is 3.40. The van der Waals surface area contributed by atoms with E-state index >= 15 is 0 Å². The summed E-state index contributed by atoms with van der Waals surface area (Å²) in [5.74, 6) is 0. The average molecular weight is 277 g/mol. The molecule has 1 N–H and O–H groups in total. The van der Waals surface area contributed by atoms with Crippen molar-refractivity contribution in [2.45, 2.75) is 78.3 Å². The van der Waals surface area contributed by atoms with E-state index in [1.165, 1.54) is 37.8 Å². The first-order valence-electron chi connectivity index (χ1n) is 8.25. The highest BCUT2D eigenvalue weighted by atomic mass is 15.3. The Morgan fingerprint density at radius 3 is 2.65 bits per heavy atom. The van der Waals surface area contributed by atoms with Crippen molar-refractivity contribution in [3.8, 4) is 0 Å². The molecule has 3 nitrogen and oxygen atoms in total. The molecule has 0 aliphatic heterocycles. The van der Waals surface area contributed by atoms with Crippen LogP contribution in [0.1, 0.15) is 71.5 Å². The van der Waals surface area contributed by atoms with Gasteiger partial charge in [-0.1, -0.05) is 40.5 Å². The van der Waals surface area contributed by atoms with Gasteiger partial charge >= 0.3 is 0 Å². The van der Waals surface area contributed by atoms with Crippen molar-refractivity contribution in [2.75, 3.05) is 6.54 Å². The Bertz CT molecular complexity index is 397. The summed E-state index contributed by atoms with van der Waals surface area (Å²) in [6.07, 6.45) is 9.76. The van der Waals surface area contributed by atoms with E-state index in [9.17, 15) is 0 Å². The van der Waals surface area contributed by atoms with Gasteiger partial charge in [0.1, 0.15) is 0 Å². The minimum absolute atomic E-state index is 0.362. The van der Waals surface area contributed by atoms with Crippen LogP contribution in [0.2, 0.25) is 0 Å². The predicted octanol–water partition coefficient (Wildman–Crippen LogP) is 3.96. The van der Waals surface area contributed by atoms with Gasteiger partial charge in [0.05, 0.1) is 11.7 Å². The third kappa shape index (κ3) is 4.62. The predicted molar refractivity (Wildman–Crippen MR) is 85.0 cm³/mol. The molecule has 1 aromatic heterocycles. The molecule has 114 valence electrons. The van der Waals surface area contributed by atoms with Crippen LogP contribution >= 0.6 is 0 Å². The molecule has 1 aromatic rings. The molecule has 1 heterocycles. The van der Waals surface area contributed by atoms with Crippen LogP contribution in [0.25, 0.3) is 0 Å². The maximum Gasteiger partial charge on any atom is 0.0640 e. The molecule has 20 heavy (non-hydrogen) atoms. The van der Waals surface area contributed by atoms with Crippen LogP contribution in [0.15, 0.2) is 12.3 Å². The molecular formula is C17H31N3. The van der Waals surface area contributed by atoms with Crippen LogP contribution in [-0.4, -0.2) is 22.4 Å². The van der Waals surface area contributed by atoms with E-state index in [-0.39, 0.29) is 0 Å². The molecule has 1 aliphatic carbocycles. The quantitative estimate of drug-likeness (QED) is 0.853. The minimum atomic E-state index is 0.362. The summed E-state index contributed by atoms with van der Waals surface area (Å²) in [7, 11) is 0. The number of hydrogen-bond acceptors (Lipinski definition) is 2. The molecule has 0 bridgehead atoms. The van der Waals surface area contributed by atoms with E-state index in [0.29, 0.717) is 17.5 Å². The van der Waals surface area contributed by atoms with Gasteiger partial charge in [-0.2, -0.15) is 5.10 Å². The van der Waals surface area contributed by atoms with E-state index in [1.807, 2.05) is 0 Å². The van der Waals surface area contributed by atoms with Crippen molar-refractivity contribution in [1.29, 1.82) is 0 Å². The largest absolute Gasteiger partial charge is 0.314 e. The Morgan fingerprint density at radius 2 is 2.05 bits per heavy atom. The Kier molecular flexibility index (Phi) is 5.25. The number of likely N-dealkylation sites (N-methyl/N-ethyl adjacent to an activating group) is 1. The van der Waals surface area contributed by atoms with Crippen molar-refractivity contribution in [3.05, 3.63) is 18.0 Å². The molecule has 3 heteroatoms. The van der Waals surface area contributed by atoms with Crippen LogP contribution in [0.5, 0.6) is 0 Å². The molecule has 1 atom stereocenters. The Labute approximate surface area is 124 Å². The van der Waals surface area contributed by atoms with Crippen molar-refractivity contribution in [2.24, 2.45) is 5.41 Å². The molecular weight excluding hydrogens is 246 g/mol. The van der Waals surface area contributed by atoms with Crippen LogP contribution in [-0.2, 0) is 6.42 Å². The molecule has 0 radical (unpaired) electrons. The lowest BCUT2D eigenvalue weighted by atomic mass is 9.86. The highest BCUT2D eigenvalue weighted by molar-refractivity contribution is 5.03. The third-order valence-corrected chi connectivity index (χ3v) is 4.17. The molecule has 0 aromatic carbocycles. The van der Waals surface area contributed by atoms with Crippen molar-refractivity contribution < 1.29 is 0 Å². The van der Waals surface area contributed by atoms with E-state index in [0.717, 1.165) is 13.0 Å². The highest BCUT2D eigenvalue weighted by Crippen LogP contribution is 2.29. The monoisotopic (exact) mass is 277 g/mol. The molecule has 0 amide bonds. The maximum absolute atomic E-state index is 4.82. The lowest BCUT2D eigenvalue weighted by molar-refractivity contribution is 0.307. The van der Waals surface area contributed by atoms with Crippen LogP contribution < -0.4 is 5.32 Å². The second-order valence-electron chi connectivity index (χ2n) is 7.45. The standard InChI is InChI=1S/C17H31N3/c1-5-18-15(13-17(2,3)4)12-14-10-11-20(19-14)16-8-6-7-9-16/h10-11,15-16,18H,5-9,12-13H2,1-4H3. The minimum Gasteiger partial charge on any atom is -0.314 e. The summed E-state index contributed by atoms with van der Waals surface area (Å²) >= 11 is 0. The normalized spacial score (nSPS) is 18.6. The summed E-state index contributed by atoms with van der Waals surface area (Å²) in [4.78, 5) is 0. The third-order valence-electron chi connectivity index (χ3n) is 4.17. The lowest BCUT2D eigenvalue weighted by Crippen LogP contribution is -2.34. The number of hydrogen-bond donors (Lipinski definition) is 1. The molecule has 1 aliphatic rings. The summed E-state index contributed by atoms with van der Waals surface area (Å²) < 4.78 is 2.21. The summed E-state index contributed by atoms with van der Waals surface area (Å²) in [6.45, 7) is 10.2. The smallest absolute Gasteiger partial charge is 0.0640 e. The molecule has 0 spiro atoms. The van der Waals surface area contributed by atoms with Crippen LogP contribution in [0.4, 0.5) is 0 Å². The first-order valence-corrected chi connectivity index (χ1v) is 8.25. The van der Waals surface area contributed by atoms with Gasteiger partial charge in [-0.3, -0.25) is 4.68 Å². The Hall–Kier alpha value is -0.830. The van der Waals surface area contributed by atoms with Gasteiger partial charge in [0.15, 0.2) is 0 Å². The van der Waals surface area contributed by atoms with E-state index < -0.39 is 0 Å². The molecule has 2 rings (SSSR count). The zero-order valence-electron chi connectivity index (χ0n) is 13.7. The van der Waals surface area contributed by atoms with Crippen molar-refractivity contribution in [1.82, 2.24) is 15.1 Å². The molecule has 1 unspecified atom stereocenters. The molecule has 0 saturated heterocycles. The van der Waals surface area contributed by atoms with Crippen LogP contribution in [0.3, 0.4) is 0 Å². The van der Waals surface area contributed by atoms with Crippen molar-refractivity contribution >= 4 is 0 Å². The van der Waals surface area contributed by atoms with Gasteiger partial charge in [0.25, 0.3) is 0 Å². The SMILES string of the molecule is CCNC(Cc1ccn(C2CCCC2)n1)CC(C)(C)C. The molecule has 1 saturated carbocycles. The maximum atomic E-state index is 4.82. The number of nitrogens with zero attached hydrogens (tertiary/aromatic N) is 2. The fourth-order valence-corrected chi connectivity index (χ4v) is 3.36. The van der Waals surface area contributed by atoms with Crippen LogP contribution in [0, 0.1) is 5.41 Å². The second kappa shape index (κ2) is 6.75. The lowest BCUT2D eigenvalue weighted by Gasteiger charge is -2.26. The van der Waals surface area contributed by atoms with Gasteiger partial charge in [-0.15, -0.1) is 0 Å². The first kappa shape index (κ1) is 15.6. The Balaban J connectivity index is 1.95. The van der Waals surface area contributed by atoms with E-state index in [2.05, 4.69) is 50.0 Å². The highest BCUT2D eigenvalue weighted by Gasteiger charge is 2.21. The average Bonchev–Trinajstić information content (AvgIpc) is 2.96. The van der Waals surface area contributed by atoms with Crippen molar-refractivity contribution in [3.63, 3.8) is 0 Å². The van der Waals surface area contributed by atoms with Gasteiger partial charge < -0.3 is 5.32 Å². The summed E-state index contributed by atoms with van der Waals surface area (Å²) in [5.41, 5.74) is 1.60. The zero-order valence-corrected chi connectivity index (χ0v) is 13.7. The molecule has 1 fully saturated rings. The van der Waals surface area contributed by atoms with E-state index in [4.69, 9.17) is 5.10 Å². The van der Waals surface area contributed by atoms with Gasteiger partial charge in [-0.25, -0.2) is 0 Å².